The summed E-state index contributed by atoms with van der Waals surface area (Å²) in [5.41, 5.74) is 1.14. The lowest BCUT2D eigenvalue weighted by Crippen LogP contribution is -2.31. The first-order valence-electron chi connectivity index (χ1n) is 7.19. The summed E-state index contributed by atoms with van der Waals surface area (Å²) in [4.78, 5) is 9.81. The minimum atomic E-state index is 1.11. The summed E-state index contributed by atoms with van der Waals surface area (Å²) in [6, 6.07) is 8.43. The molecule has 1 saturated heterocycles. The van der Waals surface area contributed by atoms with E-state index in [1.807, 2.05) is 11.3 Å². The summed E-state index contributed by atoms with van der Waals surface area (Å²) in [6.07, 6.45) is 2.50. The molecule has 1 aromatic carbocycles. The Hall–Kier alpha value is -1.13. The SMILES string of the molecule is CCCN1CCCN(c2nc3ccccc3s2)CC1. The van der Waals surface area contributed by atoms with Gasteiger partial charge in [-0.15, -0.1) is 0 Å². The van der Waals surface area contributed by atoms with E-state index in [4.69, 9.17) is 4.98 Å². The molecular weight excluding hydrogens is 254 g/mol. The fraction of sp³-hybridized carbons (Fsp3) is 0.533. The van der Waals surface area contributed by atoms with Crippen molar-refractivity contribution in [2.24, 2.45) is 0 Å². The third kappa shape index (κ3) is 2.90. The third-order valence-corrected chi connectivity index (χ3v) is 4.78. The largest absolute Gasteiger partial charge is 0.347 e. The van der Waals surface area contributed by atoms with E-state index in [9.17, 15) is 0 Å². The van der Waals surface area contributed by atoms with Crippen molar-refractivity contribution in [3.8, 4) is 0 Å². The smallest absolute Gasteiger partial charge is 0.186 e. The molecule has 3 nitrogen and oxygen atoms in total. The highest BCUT2D eigenvalue weighted by atomic mass is 32.1. The van der Waals surface area contributed by atoms with Crippen molar-refractivity contribution in [2.75, 3.05) is 37.6 Å². The first-order valence-corrected chi connectivity index (χ1v) is 8.01. The van der Waals surface area contributed by atoms with Crippen molar-refractivity contribution in [3.63, 3.8) is 0 Å². The van der Waals surface area contributed by atoms with Crippen LogP contribution in [-0.2, 0) is 0 Å². The van der Waals surface area contributed by atoms with Crippen LogP contribution in [0.2, 0.25) is 0 Å². The molecule has 4 heteroatoms. The van der Waals surface area contributed by atoms with Crippen LogP contribution in [0.25, 0.3) is 10.2 Å². The van der Waals surface area contributed by atoms with Crippen LogP contribution in [0.1, 0.15) is 19.8 Å². The van der Waals surface area contributed by atoms with Crippen molar-refractivity contribution in [3.05, 3.63) is 24.3 Å². The van der Waals surface area contributed by atoms with Crippen LogP contribution in [0, 0.1) is 0 Å². The molecule has 0 radical (unpaired) electrons. The van der Waals surface area contributed by atoms with Gasteiger partial charge in [-0.3, -0.25) is 0 Å². The second-order valence-corrected chi connectivity index (χ2v) is 6.16. The maximum absolute atomic E-state index is 4.78. The summed E-state index contributed by atoms with van der Waals surface area (Å²) in [5, 5.41) is 1.19. The van der Waals surface area contributed by atoms with E-state index >= 15 is 0 Å². The predicted molar refractivity (Wildman–Crippen MR) is 83.2 cm³/mol. The van der Waals surface area contributed by atoms with Crippen LogP contribution in [0.4, 0.5) is 5.13 Å². The Morgan fingerprint density at radius 3 is 2.89 bits per heavy atom. The van der Waals surface area contributed by atoms with E-state index in [-0.39, 0.29) is 0 Å². The highest BCUT2D eigenvalue weighted by Crippen LogP contribution is 2.29. The molecule has 2 heterocycles. The Morgan fingerprint density at radius 1 is 1.16 bits per heavy atom. The summed E-state index contributed by atoms with van der Waals surface area (Å²) < 4.78 is 1.30. The summed E-state index contributed by atoms with van der Waals surface area (Å²) in [5.74, 6) is 0. The molecule has 0 saturated carbocycles. The number of fused-ring (bicyclic) bond motifs is 1. The molecule has 0 bridgehead atoms. The second-order valence-electron chi connectivity index (χ2n) is 5.15. The van der Waals surface area contributed by atoms with Gasteiger partial charge in [-0.2, -0.15) is 0 Å². The molecular formula is C15H21N3S. The molecule has 102 valence electrons. The van der Waals surface area contributed by atoms with Gasteiger partial charge in [0.15, 0.2) is 5.13 Å². The van der Waals surface area contributed by atoms with Crippen molar-refractivity contribution in [1.29, 1.82) is 0 Å². The quantitative estimate of drug-likeness (QED) is 0.857. The van der Waals surface area contributed by atoms with E-state index in [2.05, 4.69) is 41.0 Å². The average molecular weight is 275 g/mol. The van der Waals surface area contributed by atoms with Gasteiger partial charge in [-0.1, -0.05) is 30.4 Å². The first kappa shape index (κ1) is 12.9. The molecule has 0 atom stereocenters. The standard InChI is InChI=1S/C15H21N3S/c1-2-8-17-9-5-10-18(12-11-17)15-16-13-6-3-4-7-14(13)19-15/h3-4,6-7H,2,5,8-12H2,1H3. The Morgan fingerprint density at radius 2 is 2.05 bits per heavy atom. The third-order valence-electron chi connectivity index (χ3n) is 3.68. The minimum absolute atomic E-state index is 1.11. The number of aromatic nitrogens is 1. The number of nitrogens with zero attached hydrogens (tertiary/aromatic N) is 3. The highest BCUT2D eigenvalue weighted by molar-refractivity contribution is 7.22. The molecule has 2 aromatic rings. The lowest BCUT2D eigenvalue weighted by molar-refractivity contribution is 0.294. The van der Waals surface area contributed by atoms with Gasteiger partial charge in [0.1, 0.15) is 0 Å². The van der Waals surface area contributed by atoms with Gasteiger partial charge >= 0.3 is 0 Å². The van der Waals surface area contributed by atoms with Gasteiger partial charge < -0.3 is 9.80 Å². The number of thiazole rings is 1. The van der Waals surface area contributed by atoms with E-state index in [0.29, 0.717) is 0 Å². The van der Waals surface area contributed by atoms with Crippen molar-refractivity contribution in [2.45, 2.75) is 19.8 Å². The van der Waals surface area contributed by atoms with Gasteiger partial charge in [-0.05, 0) is 38.1 Å². The maximum atomic E-state index is 4.78. The normalized spacial score (nSPS) is 17.8. The zero-order chi connectivity index (χ0) is 13.1. The van der Waals surface area contributed by atoms with Crippen LogP contribution < -0.4 is 4.90 Å². The van der Waals surface area contributed by atoms with Gasteiger partial charge in [-0.25, -0.2) is 4.98 Å². The maximum Gasteiger partial charge on any atom is 0.186 e. The Bertz CT molecular complexity index is 504. The summed E-state index contributed by atoms with van der Waals surface area (Å²) in [6.45, 7) is 8.14. The van der Waals surface area contributed by atoms with Crippen molar-refractivity contribution < 1.29 is 0 Å². The second kappa shape index (κ2) is 5.88. The first-order chi connectivity index (χ1) is 9.36. The van der Waals surface area contributed by atoms with Crippen molar-refractivity contribution >= 4 is 26.7 Å². The molecule has 0 aliphatic carbocycles. The van der Waals surface area contributed by atoms with Crippen LogP contribution in [0.3, 0.4) is 0 Å². The van der Waals surface area contributed by atoms with Crippen LogP contribution in [0.15, 0.2) is 24.3 Å². The van der Waals surface area contributed by atoms with Crippen LogP contribution >= 0.6 is 11.3 Å². The van der Waals surface area contributed by atoms with Gasteiger partial charge in [0.2, 0.25) is 0 Å². The molecule has 0 N–H and O–H groups in total. The van der Waals surface area contributed by atoms with Crippen molar-refractivity contribution in [1.82, 2.24) is 9.88 Å². The molecule has 1 fully saturated rings. The number of rotatable bonds is 3. The number of para-hydroxylation sites is 1. The number of benzene rings is 1. The van der Waals surface area contributed by atoms with E-state index in [1.165, 1.54) is 42.3 Å². The lowest BCUT2D eigenvalue weighted by Gasteiger charge is -2.20. The van der Waals surface area contributed by atoms with Crippen LogP contribution in [-0.4, -0.2) is 42.6 Å². The predicted octanol–water partition coefficient (Wildman–Crippen LogP) is 3.22. The summed E-state index contributed by atoms with van der Waals surface area (Å²) >= 11 is 1.82. The number of anilines is 1. The molecule has 0 spiro atoms. The lowest BCUT2D eigenvalue weighted by atomic mass is 10.3. The monoisotopic (exact) mass is 275 g/mol. The molecule has 1 aliphatic rings. The van der Waals surface area contributed by atoms with E-state index in [0.717, 1.165) is 18.6 Å². The molecule has 1 aromatic heterocycles. The highest BCUT2D eigenvalue weighted by Gasteiger charge is 2.17. The van der Waals surface area contributed by atoms with E-state index in [1.54, 1.807) is 0 Å². The molecule has 3 rings (SSSR count). The number of hydrogen-bond acceptors (Lipinski definition) is 4. The summed E-state index contributed by atoms with van der Waals surface area (Å²) in [7, 11) is 0. The minimum Gasteiger partial charge on any atom is -0.347 e. The Balaban J connectivity index is 1.74. The Labute approximate surface area is 118 Å². The molecule has 19 heavy (non-hydrogen) atoms. The molecule has 1 aliphatic heterocycles. The topological polar surface area (TPSA) is 19.4 Å². The number of hydrogen-bond donors (Lipinski definition) is 0. The van der Waals surface area contributed by atoms with Gasteiger partial charge in [0.05, 0.1) is 10.2 Å². The zero-order valence-corrected chi connectivity index (χ0v) is 12.3. The van der Waals surface area contributed by atoms with Crippen LogP contribution in [0.5, 0.6) is 0 Å². The fourth-order valence-corrected chi connectivity index (χ4v) is 3.71. The zero-order valence-electron chi connectivity index (χ0n) is 11.5. The van der Waals surface area contributed by atoms with Gasteiger partial charge in [0, 0.05) is 19.6 Å². The van der Waals surface area contributed by atoms with Gasteiger partial charge in [0.25, 0.3) is 0 Å². The fourth-order valence-electron chi connectivity index (χ4n) is 2.70. The molecule has 0 unspecified atom stereocenters. The Kier molecular flexibility index (Phi) is 3.99. The average Bonchev–Trinajstić information content (AvgIpc) is 2.72. The molecule has 0 amide bonds. The van der Waals surface area contributed by atoms with E-state index < -0.39 is 0 Å².